The van der Waals surface area contributed by atoms with Gasteiger partial charge in [-0.15, -0.1) is 0 Å². The molecule has 0 radical (unpaired) electrons. The average molecular weight is 422 g/mol. The third-order valence-electron chi connectivity index (χ3n) is 5.34. The van der Waals surface area contributed by atoms with Crippen molar-refractivity contribution in [2.24, 2.45) is 0 Å². The van der Waals surface area contributed by atoms with E-state index in [9.17, 15) is 9.90 Å². The molecule has 2 aliphatic rings. The summed E-state index contributed by atoms with van der Waals surface area (Å²) in [6.45, 7) is 1.07. The maximum Gasteiger partial charge on any atom is 0.340 e. The van der Waals surface area contributed by atoms with Crippen molar-refractivity contribution in [2.45, 2.75) is 12.0 Å². The first kappa shape index (κ1) is 18.9. The highest BCUT2D eigenvalue weighted by Gasteiger charge is 2.53. The normalized spacial score (nSPS) is 18.2. The van der Waals surface area contributed by atoms with Crippen molar-refractivity contribution >= 4 is 15.4 Å². The van der Waals surface area contributed by atoms with Crippen molar-refractivity contribution in [1.29, 1.82) is 0 Å². The van der Waals surface area contributed by atoms with Gasteiger partial charge in [0.1, 0.15) is 23.0 Å². The molecule has 2 atom stereocenters. The molecular formula is C23H19O6P. The predicted octanol–water partition coefficient (Wildman–Crippen LogP) is 4.54. The highest BCUT2D eigenvalue weighted by atomic mass is 31.0. The molecule has 2 unspecified atom stereocenters. The lowest BCUT2D eigenvalue weighted by Crippen LogP contribution is -2.32. The zero-order valence-corrected chi connectivity index (χ0v) is 17.1. The summed E-state index contributed by atoms with van der Waals surface area (Å²) in [7, 11) is 2.22. The summed E-state index contributed by atoms with van der Waals surface area (Å²) in [5.41, 5.74) is 1.49. The molecule has 7 heteroatoms. The van der Waals surface area contributed by atoms with Gasteiger partial charge in [-0.2, -0.15) is 0 Å². The Bertz CT molecular complexity index is 1140. The number of carbonyl (C=O) groups excluding carboxylic acids is 1. The van der Waals surface area contributed by atoms with Crippen molar-refractivity contribution < 1.29 is 28.6 Å². The van der Waals surface area contributed by atoms with Crippen LogP contribution in [0.4, 0.5) is 0 Å². The monoisotopic (exact) mass is 422 g/mol. The molecule has 30 heavy (non-hydrogen) atoms. The van der Waals surface area contributed by atoms with E-state index in [0.717, 1.165) is 12.0 Å². The zero-order chi connectivity index (χ0) is 20.7. The van der Waals surface area contributed by atoms with Crippen LogP contribution in [0.2, 0.25) is 0 Å². The molecule has 3 aromatic rings. The molecule has 0 saturated heterocycles. The molecule has 0 aliphatic carbocycles. The van der Waals surface area contributed by atoms with Gasteiger partial charge in [-0.25, -0.2) is 4.79 Å². The number of carbonyl (C=O) groups is 1. The van der Waals surface area contributed by atoms with E-state index in [4.69, 9.17) is 18.7 Å². The van der Waals surface area contributed by atoms with Gasteiger partial charge in [0.25, 0.3) is 0 Å². The van der Waals surface area contributed by atoms with Gasteiger partial charge >= 0.3 is 5.97 Å². The Kier molecular flexibility index (Phi) is 4.61. The predicted molar refractivity (Wildman–Crippen MR) is 112 cm³/mol. The number of ether oxygens (including phenoxy) is 3. The van der Waals surface area contributed by atoms with E-state index in [2.05, 4.69) is 9.47 Å². The maximum absolute atomic E-state index is 12.7. The van der Waals surface area contributed by atoms with Gasteiger partial charge in [-0.1, -0.05) is 18.2 Å². The van der Waals surface area contributed by atoms with Crippen LogP contribution in [0.1, 0.15) is 33.5 Å². The second-order valence-corrected chi connectivity index (χ2v) is 7.46. The number of phenolic OH excluding ortho intramolecular Hbond substituents is 1. The van der Waals surface area contributed by atoms with Crippen LogP contribution in [0.25, 0.3) is 0 Å². The van der Waals surface area contributed by atoms with Gasteiger partial charge in [0.15, 0.2) is 5.60 Å². The van der Waals surface area contributed by atoms with Crippen LogP contribution in [0.15, 0.2) is 60.7 Å². The number of benzene rings is 3. The largest absolute Gasteiger partial charge is 0.508 e. The van der Waals surface area contributed by atoms with Crippen LogP contribution in [-0.4, -0.2) is 24.3 Å². The fourth-order valence-electron chi connectivity index (χ4n) is 4.07. The van der Waals surface area contributed by atoms with Crippen LogP contribution in [0, 0.1) is 0 Å². The standard InChI is InChI=1S/C23H19O6P/c24-14-6-8-18-20(12-14)28-21-13-15(26-10-3-11-27-30)7-9-19(21)23(18)17-5-2-1-4-16(17)22(25)29-23/h1-2,4-9,12-13,24H,3,10-11,30H2. The molecule has 3 aromatic carbocycles. The number of esters is 1. The van der Waals surface area contributed by atoms with E-state index in [0.29, 0.717) is 47.2 Å². The van der Waals surface area contributed by atoms with Crippen molar-refractivity contribution in [2.75, 3.05) is 13.2 Å². The third kappa shape index (κ3) is 2.83. The van der Waals surface area contributed by atoms with Crippen molar-refractivity contribution in [3.8, 4) is 23.0 Å². The molecule has 1 N–H and O–H groups in total. The van der Waals surface area contributed by atoms with E-state index in [1.54, 1.807) is 24.3 Å². The molecule has 6 nitrogen and oxygen atoms in total. The zero-order valence-electron chi connectivity index (χ0n) is 16.0. The molecule has 2 heterocycles. The Labute approximate surface area is 175 Å². The number of phenols is 1. The van der Waals surface area contributed by atoms with Crippen LogP contribution >= 0.6 is 9.47 Å². The Morgan fingerprint density at radius 1 is 0.933 bits per heavy atom. The summed E-state index contributed by atoms with van der Waals surface area (Å²) >= 11 is 0. The Hall–Kier alpha value is -3.08. The fraction of sp³-hybridized carbons (Fsp3) is 0.174. The summed E-state index contributed by atoms with van der Waals surface area (Å²) < 4.78 is 22.9. The second kappa shape index (κ2) is 7.31. The third-order valence-corrected chi connectivity index (χ3v) is 5.58. The minimum Gasteiger partial charge on any atom is -0.508 e. The minimum absolute atomic E-state index is 0.0646. The minimum atomic E-state index is -1.14. The molecule has 152 valence electrons. The SMILES string of the molecule is O=C1OC2(c3ccc(O)cc3Oc3cc(OCCCOP)ccc32)c2ccccc21. The topological polar surface area (TPSA) is 74.2 Å². The Morgan fingerprint density at radius 2 is 1.70 bits per heavy atom. The molecule has 0 aromatic heterocycles. The van der Waals surface area contributed by atoms with E-state index in [-0.39, 0.29) is 5.75 Å². The average Bonchev–Trinajstić information content (AvgIpc) is 3.04. The maximum atomic E-state index is 12.7. The lowest BCUT2D eigenvalue weighted by molar-refractivity contribution is 0.0224. The van der Waals surface area contributed by atoms with Crippen molar-refractivity contribution in [1.82, 2.24) is 0 Å². The first-order valence-corrected chi connectivity index (χ1v) is 10.0. The number of aromatic hydroxyl groups is 1. The van der Waals surface area contributed by atoms with E-state index in [1.165, 1.54) is 6.07 Å². The van der Waals surface area contributed by atoms with E-state index < -0.39 is 11.6 Å². The van der Waals surface area contributed by atoms with Crippen LogP contribution in [0.3, 0.4) is 0 Å². The highest BCUT2D eigenvalue weighted by molar-refractivity contribution is 7.09. The molecule has 1 spiro atoms. The van der Waals surface area contributed by atoms with E-state index >= 15 is 0 Å². The first-order chi connectivity index (χ1) is 14.6. The van der Waals surface area contributed by atoms with E-state index in [1.807, 2.05) is 30.3 Å². The lowest BCUT2D eigenvalue weighted by Gasteiger charge is -2.36. The van der Waals surface area contributed by atoms with Gasteiger partial charge in [-0.3, -0.25) is 0 Å². The highest BCUT2D eigenvalue weighted by Crippen LogP contribution is 2.56. The summed E-state index contributed by atoms with van der Waals surface area (Å²) in [5.74, 6) is 1.25. The number of rotatable bonds is 5. The smallest absolute Gasteiger partial charge is 0.340 e. The number of hydrogen-bond acceptors (Lipinski definition) is 6. The van der Waals surface area contributed by atoms with Gasteiger partial charge < -0.3 is 23.8 Å². The van der Waals surface area contributed by atoms with Crippen molar-refractivity contribution in [3.63, 3.8) is 0 Å². The summed E-state index contributed by atoms with van der Waals surface area (Å²) in [6.07, 6.45) is 0.743. The van der Waals surface area contributed by atoms with Crippen LogP contribution < -0.4 is 9.47 Å². The van der Waals surface area contributed by atoms with Gasteiger partial charge in [-0.05, 0) is 30.3 Å². The summed E-state index contributed by atoms with van der Waals surface area (Å²) in [5, 5.41) is 10.0. The van der Waals surface area contributed by atoms with Crippen LogP contribution in [-0.2, 0) is 14.9 Å². The first-order valence-electron chi connectivity index (χ1n) is 9.56. The Morgan fingerprint density at radius 3 is 2.53 bits per heavy atom. The quantitative estimate of drug-likeness (QED) is 0.370. The molecule has 0 fully saturated rings. The molecule has 0 saturated carbocycles. The van der Waals surface area contributed by atoms with Gasteiger partial charge in [0.05, 0.1) is 18.8 Å². The molecule has 0 amide bonds. The van der Waals surface area contributed by atoms with Gasteiger partial charge in [0.2, 0.25) is 0 Å². The van der Waals surface area contributed by atoms with Crippen LogP contribution in [0.5, 0.6) is 23.0 Å². The molecule has 5 rings (SSSR count). The lowest BCUT2D eigenvalue weighted by atomic mass is 9.77. The summed E-state index contributed by atoms with van der Waals surface area (Å²) in [4.78, 5) is 12.7. The summed E-state index contributed by atoms with van der Waals surface area (Å²) in [6, 6.07) is 17.6. The molecular weight excluding hydrogens is 403 g/mol. The Balaban J connectivity index is 1.65. The fourth-order valence-corrected chi connectivity index (χ4v) is 4.23. The second-order valence-electron chi connectivity index (χ2n) is 7.13. The van der Waals surface area contributed by atoms with Crippen molar-refractivity contribution in [3.05, 3.63) is 82.9 Å². The molecule has 0 bridgehead atoms. The molecule has 2 aliphatic heterocycles. The number of hydrogen-bond donors (Lipinski definition) is 1. The van der Waals surface area contributed by atoms with Gasteiger partial charge in [0, 0.05) is 44.7 Å². The number of fused-ring (bicyclic) bond motifs is 6.